The van der Waals surface area contributed by atoms with E-state index in [4.69, 9.17) is 5.26 Å². The number of halogens is 1. The minimum Gasteiger partial charge on any atom is -0.381 e. The number of benzene rings is 2. The van der Waals surface area contributed by atoms with E-state index >= 15 is 0 Å². The van der Waals surface area contributed by atoms with Crippen LogP contribution in [0.15, 0.2) is 42.5 Å². The lowest BCUT2D eigenvalue weighted by Gasteiger charge is -2.12. The van der Waals surface area contributed by atoms with Crippen molar-refractivity contribution in [2.24, 2.45) is 0 Å². The summed E-state index contributed by atoms with van der Waals surface area (Å²) in [7, 11) is -3.16. The summed E-state index contributed by atoms with van der Waals surface area (Å²) in [4.78, 5) is 0. The number of hydrogen-bond acceptors (Lipinski definition) is 4. The molecule has 0 heterocycles. The Hall–Kier alpha value is -2.39. The van der Waals surface area contributed by atoms with Gasteiger partial charge in [0.25, 0.3) is 0 Å². The van der Waals surface area contributed by atoms with Gasteiger partial charge in [-0.05, 0) is 29.8 Å². The standard InChI is InChI=1S/C16H15FN2O2S/c1-22(20,21)11-13-4-2-3-5-16(13)19-10-14-8-12(9-18)6-7-15(14)17/h2-8,19H,10-11H2,1H3. The molecule has 0 aliphatic heterocycles. The van der Waals surface area contributed by atoms with E-state index in [1.807, 2.05) is 6.07 Å². The first kappa shape index (κ1) is 16.0. The summed E-state index contributed by atoms with van der Waals surface area (Å²) in [6, 6.07) is 13.1. The Morgan fingerprint density at radius 3 is 2.59 bits per heavy atom. The number of para-hydroxylation sites is 1. The summed E-state index contributed by atoms with van der Waals surface area (Å²) in [5, 5.41) is 11.9. The van der Waals surface area contributed by atoms with E-state index in [1.165, 1.54) is 24.5 Å². The molecule has 0 atom stereocenters. The highest BCUT2D eigenvalue weighted by molar-refractivity contribution is 7.89. The van der Waals surface area contributed by atoms with Crippen molar-refractivity contribution in [1.29, 1.82) is 5.26 Å². The Balaban J connectivity index is 2.21. The highest BCUT2D eigenvalue weighted by Gasteiger charge is 2.10. The fourth-order valence-corrected chi connectivity index (χ4v) is 2.89. The fraction of sp³-hybridized carbons (Fsp3) is 0.188. The molecule has 0 saturated carbocycles. The van der Waals surface area contributed by atoms with E-state index in [2.05, 4.69) is 5.32 Å². The lowest BCUT2D eigenvalue weighted by molar-refractivity contribution is 0.601. The largest absolute Gasteiger partial charge is 0.381 e. The van der Waals surface area contributed by atoms with Gasteiger partial charge in [0.05, 0.1) is 17.4 Å². The molecule has 0 aliphatic carbocycles. The average molecular weight is 318 g/mol. The monoisotopic (exact) mass is 318 g/mol. The first-order valence-electron chi connectivity index (χ1n) is 6.57. The van der Waals surface area contributed by atoms with E-state index in [0.29, 0.717) is 22.4 Å². The van der Waals surface area contributed by atoms with Crippen molar-refractivity contribution >= 4 is 15.5 Å². The van der Waals surface area contributed by atoms with Gasteiger partial charge in [0.2, 0.25) is 0 Å². The van der Waals surface area contributed by atoms with Crippen LogP contribution in [0.3, 0.4) is 0 Å². The van der Waals surface area contributed by atoms with E-state index in [1.54, 1.807) is 24.3 Å². The summed E-state index contributed by atoms with van der Waals surface area (Å²) in [5.41, 5.74) is 1.99. The second-order valence-electron chi connectivity index (χ2n) is 5.00. The minimum absolute atomic E-state index is 0.0864. The van der Waals surface area contributed by atoms with Crippen molar-refractivity contribution in [3.8, 4) is 6.07 Å². The number of hydrogen-bond donors (Lipinski definition) is 1. The zero-order valence-electron chi connectivity index (χ0n) is 12.0. The van der Waals surface area contributed by atoms with Crippen LogP contribution in [0, 0.1) is 17.1 Å². The van der Waals surface area contributed by atoms with Crippen molar-refractivity contribution in [1.82, 2.24) is 0 Å². The molecule has 1 N–H and O–H groups in total. The minimum atomic E-state index is -3.16. The first-order chi connectivity index (χ1) is 10.4. The van der Waals surface area contributed by atoms with Crippen LogP contribution in [-0.2, 0) is 22.1 Å². The van der Waals surface area contributed by atoms with Gasteiger partial charge >= 0.3 is 0 Å². The van der Waals surface area contributed by atoms with Gasteiger partial charge in [0.15, 0.2) is 9.84 Å². The number of sulfone groups is 1. The third kappa shape index (κ3) is 4.30. The predicted octanol–water partition coefficient (Wildman–Crippen LogP) is 2.85. The van der Waals surface area contributed by atoms with Crippen LogP contribution < -0.4 is 5.32 Å². The van der Waals surface area contributed by atoms with Gasteiger partial charge < -0.3 is 5.32 Å². The Bertz CT molecular complexity index is 826. The summed E-state index contributed by atoms with van der Waals surface area (Å²) >= 11 is 0. The average Bonchev–Trinajstić information content (AvgIpc) is 2.46. The number of nitrogens with one attached hydrogen (secondary N) is 1. The highest BCUT2D eigenvalue weighted by Crippen LogP contribution is 2.19. The molecule has 0 spiro atoms. The van der Waals surface area contributed by atoms with Gasteiger partial charge in [-0.2, -0.15) is 5.26 Å². The molecule has 0 radical (unpaired) electrons. The van der Waals surface area contributed by atoms with Gasteiger partial charge in [-0.15, -0.1) is 0 Å². The molecule has 2 rings (SSSR count). The Labute approximate surface area is 129 Å². The second kappa shape index (κ2) is 6.58. The molecule has 22 heavy (non-hydrogen) atoms. The van der Waals surface area contributed by atoms with Gasteiger partial charge in [-0.25, -0.2) is 12.8 Å². The number of nitrogens with zero attached hydrogens (tertiary/aromatic N) is 1. The lowest BCUT2D eigenvalue weighted by Crippen LogP contribution is -2.07. The van der Waals surface area contributed by atoms with Gasteiger partial charge in [0.1, 0.15) is 5.82 Å². The van der Waals surface area contributed by atoms with Gasteiger partial charge in [-0.3, -0.25) is 0 Å². The van der Waals surface area contributed by atoms with Crippen LogP contribution in [0.4, 0.5) is 10.1 Å². The number of rotatable bonds is 5. The second-order valence-corrected chi connectivity index (χ2v) is 7.14. The van der Waals surface area contributed by atoms with Gasteiger partial charge in [0, 0.05) is 24.1 Å². The quantitative estimate of drug-likeness (QED) is 0.920. The van der Waals surface area contributed by atoms with Crippen LogP contribution in [0.1, 0.15) is 16.7 Å². The van der Waals surface area contributed by atoms with E-state index in [-0.39, 0.29) is 12.3 Å². The predicted molar refractivity (Wildman–Crippen MR) is 83.4 cm³/mol. The molecular weight excluding hydrogens is 303 g/mol. The maximum Gasteiger partial charge on any atom is 0.151 e. The van der Waals surface area contributed by atoms with Crippen molar-refractivity contribution in [2.75, 3.05) is 11.6 Å². The summed E-state index contributed by atoms with van der Waals surface area (Å²) in [5.74, 6) is -0.497. The van der Waals surface area contributed by atoms with Crippen molar-refractivity contribution in [3.63, 3.8) is 0 Å². The van der Waals surface area contributed by atoms with Crippen molar-refractivity contribution < 1.29 is 12.8 Å². The number of anilines is 1. The molecule has 0 aromatic heterocycles. The topological polar surface area (TPSA) is 70.0 Å². The third-order valence-corrected chi connectivity index (χ3v) is 3.91. The SMILES string of the molecule is CS(=O)(=O)Cc1ccccc1NCc1cc(C#N)ccc1F. The van der Waals surface area contributed by atoms with E-state index in [9.17, 15) is 12.8 Å². The maximum absolute atomic E-state index is 13.7. The zero-order chi connectivity index (χ0) is 16.2. The summed E-state index contributed by atoms with van der Waals surface area (Å²) in [6.07, 6.45) is 1.17. The molecular formula is C16H15FN2O2S. The van der Waals surface area contributed by atoms with Crippen molar-refractivity contribution in [2.45, 2.75) is 12.3 Å². The van der Waals surface area contributed by atoms with Gasteiger partial charge in [-0.1, -0.05) is 18.2 Å². The Morgan fingerprint density at radius 2 is 1.91 bits per heavy atom. The molecule has 0 amide bonds. The van der Waals surface area contributed by atoms with Crippen LogP contribution in [0.25, 0.3) is 0 Å². The molecule has 2 aromatic carbocycles. The number of nitriles is 1. The van der Waals surface area contributed by atoms with Crippen LogP contribution in [-0.4, -0.2) is 14.7 Å². The molecule has 2 aromatic rings. The van der Waals surface area contributed by atoms with Crippen LogP contribution >= 0.6 is 0 Å². The molecule has 0 aliphatic rings. The fourth-order valence-electron chi connectivity index (χ4n) is 2.07. The molecule has 0 bridgehead atoms. The van der Waals surface area contributed by atoms with E-state index < -0.39 is 15.7 Å². The summed E-state index contributed by atoms with van der Waals surface area (Å²) < 4.78 is 36.6. The Morgan fingerprint density at radius 1 is 1.18 bits per heavy atom. The normalized spacial score (nSPS) is 11.0. The maximum atomic E-state index is 13.7. The molecule has 0 unspecified atom stereocenters. The van der Waals surface area contributed by atoms with Crippen LogP contribution in [0.2, 0.25) is 0 Å². The highest BCUT2D eigenvalue weighted by atomic mass is 32.2. The molecule has 6 heteroatoms. The third-order valence-electron chi connectivity index (χ3n) is 3.08. The molecule has 4 nitrogen and oxygen atoms in total. The first-order valence-corrected chi connectivity index (χ1v) is 8.63. The zero-order valence-corrected chi connectivity index (χ0v) is 12.8. The molecule has 0 fully saturated rings. The Kier molecular flexibility index (Phi) is 4.78. The molecule has 114 valence electrons. The molecule has 0 saturated heterocycles. The summed E-state index contributed by atoms with van der Waals surface area (Å²) in [6.45, 7) is 0.169. The smallest absolute Gasteiger partial charge is 0.151 e. The lowest BCUT2D eigenvalue weighted by atomic mass is 10.1. The van der Waals surface area contributed by atoms with Crippen molar-refractivity contribution in [3.05, 3.63) is 65.0 Å². The van der Waals surface area contributed by atoms with Crippen LogP contribution in [0.5, 0.6) is 0 Å². The van der Waals surface area contributed by atoms with E-state index in [0.717, 1.165) is 0 Å².